The van der Waals surface area contributed by atoms with E-state index in [9.17, 15) is 0 Å². The van der Waals surface area contributed by atoms with Crippen LogP contribution in [0.2, 0.25) is 0 Å². The number of hydrogen-bond acceptors (Lipinski definition) is 2. The molecule has 1 aromatic heterocycles. The Labute approximate surface area is 113 Å². The second-order valence-corrected chi connectivity index (χ2v) is 4.94. The van der Waals surface area contributed by atoms with Gasteiger partial charge in [-0.1, -0.05) is 36.9 Å². The summed E-state index contributed by atoms with van der Waals surface area (Å²) < 4.78 is 0. The minimum Gasteiger partial charge on any atom is -0.241 e. The van der Waals surface area contributed by atoms with Crippen LogP contribution < -0.4 is 0 Å². The Balaban J connectivity index is 2.00. The van der Waals surface area contributed by atoms with E-state index in [4.69, 9.17) is 0 Å². The molecule has 1 aliphatic rings. The average molecular weight is 248 g/mol. The Morgan fingerprint density at radius 2 is 1.79 bits per heavy atom. The van der Waals surface area contributed by atoms with Gasteiger partial charge >= 0.3 is 0 Å². The molecule has 0 saturated heterocycles. The van der Waals surface area contributed by atoms with Crippen molar-refractivity contribution in [3.63, 3.8) is 0 Å². The molecule has 0 N–H and O–H groups in total. The number of aryl methyl sites for hydroxylation is 2. The van der Waals surface area contributed by atoms with Gasteiger partial charge in [0.1, 0.15) is 6.33 Å². The molecule has 1 aliphatic carbocycles. The van der Waals surface area contributed by atoms with E-state index in [1.165, 1.54) is 16.7 Å². The molecule has 0 saturated carbocycles. The van der Waals surface area contributed by atoms with Crippen molar-refractivity contribution < 1.29 is 0 Å². The summed E-state index contributed by atoms with van der Waals surface area (Å²) in [7, 11) is 0. The summed E-state index contributed by atoms with van der Waals surface area (Å²) in [5.41, 5.74) is 8.05. The molecule has 0 spiro atoms. The van der Waals surface area contributed by atoms with E-state index in [0.717, 1.165) is 28.9 Å². The van der Waals surface area contributed by atoms with Crippen molar-refractivity contribution in [1.29, 1.82) is 0 Å². The molecule has 0 atom stereocenters. The summed E-state index contributed by atoms with van der Waals surface area (Å²) in [5, 5.41) is 0. The van der Waals surface area contributed by atoms with Crippen LogP contribution in [0.5, 0.6) is 0 Å². The van der Waals surface area contributed by atoms with E-state index in [-0.39, 0.29) is 0 Å². The zero-order valence-corrected chi connectivity index (χ0v) is 11.3. The molecule has 0 aliphatic heterocycles. The number of fused-ring (bicyclic) bond motifs is 1. The molecule has 0 radical (unpaired) electrons. The Bertz CT molecular complexity index is 676. The van der Waals surface area contributed by atoms with Crippen molar-refractivity contribution in [1.82, 2.24) is 9.97 Å². The lowest BCUT2D eigenvalue weighted by molar-refractivity contribution is 1.03. The van der Waals surface area contributed by atoms with Crippen LogP contribution in [-0.2, 0) is 6.42 Å². The molecule has 0 unspecified atom stereocenters. The van der Waals surface area contributed by atoms with Crippen LogP contribution in [0.3, 0.4) is 0 Å². The van der Waals surface area contributed by atoms with Crippen LogP contribution in [0.15, 0.2) is 42.7 Å². The van der Waals surface area contributed by atoms with E-state index in [1.54, 1.807) is 6.33 Å². The van der Waals surface area contributed by atoms with Crippen molar-refractivity contribution in [2.45, 2.75) is 20.3 Å². The first-order valence-corrected chi connectivity index (χ1v) is 6.43. The molecule has 2 nitrogen and oxygen atoms in total. The summed E-state index contributed by atoms with van der Waals surface area (Å²) in [6.45, 7) is 8.29. The van der Waals surface area contributed by atoms with Gasteiger partial charge in [0.05, 0.1) is 0 Å². The molecule has 19 heavy (non-hydrogen) atoms. The first-order valence-electron chi connectivity index (χ1n) is 6.43. The van der Waals surface area contributed by atoms with E-state index >= 15 is 0 Å². The topological polar surface area (TPSA) is 25.8 Å². The van der Waals surface area contributed by atoms with Crippen LogP contribution in [0.25, 0.3) is 11.6 Å². The molecule has 3 rings (SSSR count). The largest absolute Gasteiger partial charge is 0.241 e. The van der Waals surface area contributed by atoms with E-state index in [0.29, 0.717) is 0 Å². The Kier molecular flexibility index (Phi) is 2.79. The fourth-order valence-corrected chi connectivity index (χ4v) is 2.66. The lowest BCUT2D eigenvalue weighted by Crippen LogP contribution is -2.00. The molecule has 1 heterocycles. The third-order valence-electron chi connectivity index (χ3n) is 3.68. The minimum absolute atomic E-state index is 0.947. The SMILES string of the molecule is C=C(C1=Cc2ccccc2C1)c1c(C)ncnc1C. The van der Waals surface area contributed by atoms with Crippen LogP contribution in [-0.4, -0.2) is 9.97 Å². The molecule has 94 valence electrons. The fraction of sp³-hybridized carbons (Fsp3) is 0.176. The lowest BCUT2D eigenvalue weighted by Gasteiger charge is -2.11. The minimum atomic E-state index is 0.947. The maximum atomic E-state index is 4.28. The average Bonchev–Trinajstić information content (AvgIpc) is 2.82. The molecule has 0 fully saturated rings. The Morgan fingerprint density at radius 1 is 1.11 bits per heavy atom. The number of benzene rings is 1. The highest BCUT2D eigenvalue weighted by Gasteiger charge is 2.18. The van der Waals surface area contributed by atoms with Crippen molar-refractivity contribution in [2.24, 2.45) is 0 Å². The van der Waals surface area contributed by atoms with Gasteiger partial charge < -0.3 is 0 Å². The molecule has 1 aromatic carbocycles. The number of aromatic nitrogens is 2. The molecular weight excluding hydrogens is 232 g/mol. The second-order valence-electron chi connectivity index (χ2n) is 4.94. The maximum absolute atomic E-state index is 4.28. The predicted octanol–water partition coefficient (Wildman–Crippen LogP) is 3.75. The van der Waals surface area contributed by atoms with Gasteiger partial charge in [0, 0.05) is 17.0 Å². The van der Waals surface area contributed by atoms with Crippen molar-refractivity contribution in [3.8, 4) is 0 Å². The van der Waals surface area contributed by atoms with Gasteiger partial charge in [0.25, 0.3) is 0 Å². The van der Waals surface area contributed by atoms with Crippen molar-refractivity contribution in [2.75, 3.05) is 0 Å². The summed E-state index contributed by atoms with van der Waals surface area (Å²) in [6, 6.07) is 8.48. The highest BCUT2D eigenvalue weighted by atomic mass is 14.8. The predicted molar refractivity (Wildman–Crippen MR) is 78.7 cm³/mol. The van der Waals surface area contributed by atoms with Crippen LogP contribution >= 0.6 is 0 Å². The van der Waals surface area contributed by atoms with Gasteiger partial charge in [-0.3, -0.25) is 0 Å². The van der Waals surface area contributed by atoms with Gasteiger partial charge in [-0.05, 0) is 42.5 Å². The first-order chi connectivity index (χ1) is 9.16. The van der Waals surface area contributed by atoms with Crippen molar-refractivity contribution >= 4 is 11.6 Å². The highest BCUT2D eigenvalue weighted by Crippen LogP contribution is 2.34. The van der Waals surface area contributed by atoms with Crippen molar-refractivity contribution in [3.05, 3.63) is 70.8 Å². The van der Waals surface area contributed by atoms with Gasteiger partial charge in [0.2, 0.25) is 0 Å². The molecule has 2 heteroatoms. The monoisotopic (exact) mass is 248 g/mol. The molecule has 2 aromatic rings. The van der Waals surface area contributed by atoms with Crippen LogP contribution in [0.1, 0.15) is 28.1 Å². The van der Waals surface area contributed by atoms with E-state index in [2.05, 4.69) is 46.9 Å². The number of hydrogen-bond donors (Lipinski definition) is 0. The van der Waals surface area contributed by atoms with E-state index in [1.807, 2.05) is 13.8 Å². The summed E-state index contributed by atoms with van der Waals surface area (Å²) in [5.74, 6) is 0. The van der Waals surface area contributed by atoms with Gasteiger partial charge in [-0.25, -0.2) is 9.97 Å². The number of rotatable bonds is 2. The quantitative estimate of drug-likeness (QED) is 0.809. The van der Waals surface area contributed by atoms with Crippen LogP contribution in [0, 0.1) is 13.8 Å². The summed E-state index contributed by atoms with van der Waals surface area (Å²) in [6.07, 6.45) is 4.78. The number of nitrogens with zero attached hydrogens (tertiary/aromatic N) is 2. The first kappa shape index (κ1) is 11.8. The number of allylic oxidation sites excluding steroid dienone is 2. The molecule has 0 bridgehead atoms. The third-order valence-corrected chi connectivity index (χ3v) is 3.68. The Hall–Kier alpha value is -2.22. The smallest absolute Gasteiger partial charge is 0.115 e. The standard InChI is InChI=1S/C17H16N2/c1-11(17-12(2)18-10-19-13(17)3)16-8-14-6-4-5-7-15(14)9-16/h4-8,10H,1,9H2,2-3H3. The second kappa shape index (κ2) is 4.47. The Morgan fingerprint density at radius 3 is 2.47 bits per heavy atom. The van der Waals surface area contributed by atoms with Crippen LogP contribution in [0.4, 0.5) is 0 Å². The summed E-state index contributed by atoms with van der Waals surface area (Å²) >= 11 is 0. The highest BCUT2D eigenvalue weighted by molar-refractivity contribution is 5.88. The van der Waals surface area contributed by atoms with Gasteiger partial charge in [0.15, 0.2) is 0 Å². The van der Waals surface area contributed by atoms with E-state index < -0.39 is 0 Å². The zero-order valence-electron chi connectivity index (χ0n) is 11.3. The molecular formula is C17H16N2. The fourth-order valence-electron chi connectivity index (χ4n) is 2.66. The zero-order chi connectivity index (χ0) is 13.4. The normalized spacial score (nSPS) is 13.1. The summed E-state index contributed by atoms with van der Waals surface area (Å²) in [4.78, 5) is 8.56. The third kappa shape index (κ3) is 1.99. The molecule has 0 amide bonds. The lowest BCUT2D eigenvalue weighted by atomic mass is 9.96. The van der Waals surface area contributed by atoms with Gasteiger partial charge in [-0.2, -0.15) is 0 Å². The maximum Gasteiger partial charge on any atom is 0.115 e. The van der Waals surface area contributed by atoms with Gasteiger partial charge in [-0.15, -0.1) is 0 Å².